The van der Waals surface area contributed by atoms with Crippen molar-refractivity contribution in [2.24, 2.45) is 0 Å². The highest BCUT2D eigenvalue weighted by atomic mass is 19.1. The normalized spacial score (nSPS) is 19.9. The standard InChI is InChI=1S/C26H27FN2O5/c1-17(2)34-23-11-22-19(10-20(23)13-30)8-9-28-24(22)33-15-21-12-26(27,25(31)29-21)16-32-14-18-6-4-3-5-7-18/h3-11,13,17,21H,12,14-16H2,1-2H3,(H,29,31). The second-order valence-electron chi connectivity index (χ2n) is 8.64. The Morgan fingerprint density at radius 3 is 2.76 bits per heavy atom. The van der Waals surface area contributed by atoms with Gasteiger partial charge in [-0.05, 0) is 43.0 Å². The van der Waals surface area contributed by atoms with Crippen LogP contribution in [0.3, 0.4) is 0 Å². The molecule has 0 radical (unpaired) electrons. The Balaban J connectivity index is 1.41. The number of fused-ring (bicyclic) bond motifs is 1. The third kappa shape index (κ3) is 5.34. The number of rotatable bonds is 10. The lowest BCUT2D eigenvalue weighted by molar-refractivity contribution is -0.133. The lowest BCUT2D eigenvalue weighted by Gasteiger charge is -2.17. The van der Waals surface area contributed by atoms with Gasteiger partial charge in [-0.25, -0.2) is 9.37 Å². The molecule has 0 aliphatic carbocycles. The minimum atomic E-state index is -2.12. The number of benzene rings is 2. The van der Waals surface area contributed by atoms with Crippen molar-refractivity contribution in [3.8, 4) is 11.6 Å². The Morgan fingerprint density at radius 1 is 1.24 bits per heavy atom. The number of nitrogens with one attached hydrogen (secondary N) is 1. The Morgan fingerprint density at radius 2 is 2.03 bits per heavy atom. The second-order valence-corrected chi connectivity index (χ2v) is 8.64. The predicted molar refractivity (Wildman–Crippen MR) is 125 cm³/mol. The zero-order valence-electron chi connectivity index (χ0n) is 19.1. The van der Waals surface area contributed by atoms with Crippen LogP contribution < -0.4 is 14.8 Å². The summed E-state index contributed by atoms with van der Waals surface area (Å²) in [5, 5.41) is 4.06. The zero-order chi connectivity index (χ0) is 24.1. The van der Waals surface area contributed by atoms with E-state index in [0.29, 0.717) is 22.6 Å². The maximum Gasteiger partial charge on any atom is 0.260 e. The Bertz CT molecular complexity index is 1170. The van der Waals surface area contributed by atoms with Crippen molar-refractivity contribution in [1.82, 2.24) is 10.3 Å². The molecule has 0 saturated carbocycles. The van der Waals surface area contributed by atoms with Crippen LogP contribution in [-0.2, 0) is 16.1 Å². The first-order chi connectivity index (χ1) is 16.4. The molecule has 2 aromatic carbocycles. The molecule has 34 heavy (non-hydrogen) atoms. The number of hydrogen-bond donors (Lipinski definition) is 1. The molecule has 1 saturated heterocycles. The molecule has 7 nitrogen and oxygen atoms in total. The molecule has 1 aromatic heterocycles. The summed E-state index contributed by atoms with van der Waals surface area (Å²) in [5.41, 5.74) is -0.782. The van der Waals surface area contributed by atoms with Gasteiger partial charge in [-0.3, -0.25) is 9.59 Å². The molecule has 178 valence electrons. The first kappa shape index (κ1) is 23.6. The number of ether oxygens (including phenoxy) is 3. The number of halogens is 1. The molecule has 1 aliphatic heterocycles. The summed E-state index contributed by atoms with van der Waals surface area (Å²) in [5.74, 6) is 0.0423. The van der Waals surface area contributed by atoms with Gasteiger partial charge in [-0.1, -0.05) is 30.3 Å². The maximum absolute atomic E-state index is 15.2. The van der Waals surface area contributed by atoms with Gasteiger partial charge >= 0.3 is 0 Å². The van der Waals surface area contributed by atoms with Crippen LogP contribution in [0.1, 0.15) is 36.2 Å². The average Bonchev–Trinajstić information content (AvgIpc) is 3.11. The van der Waals surface area contributed by atoms with E-state index in [9.17, 15) is 9.59 Å². The molecule has 0 bridgehead atoms. The van der Waals surface area contributed by atoms with E-state index in [1.165, 1.54) is 0 Å². The first-order valence-corrected chi connectivity index (χ1v) is 11.2. The van der Waals surface area contributed by atoms with Gasteiger partial charge in [0.2, 0.25) is 11.5 Å². The van der Waals surface area contributed by atoms with Crippen molar-refractivity contribution in [1.29, 1.82) is 0 Å². The highest BCUT2D eigenvalue weighted by molar-refractivity contribution is 5.94. The molecule has 2 atom stereocenters. The van der Waals surface area contributed by atoms with E-state index in [0.717, 1.165) is 17.2 Å². The SMILES string of the molecule is CC(C)Oc1cc2c(OCC3CC(F)(COCc4ccccc4)C(=O)N3)nccc2cc1C=O. The summed E-state index contributed by atoms with van der Waals surface area (Å²) in [6.07, 6.45) is 2.13. The molecule has 1 aliphatic rings. The number of aromatic nitrogens is 1. The van der Waals surface area contributed by atoms with E-state index in [1.54, 1.807) is 24.4 Å². The third-order valence-electron chi connectivity index (χ3n) is 5.52. The third-order valence-corrected chi connectivity index (χ3v) is 5.52. The van der Waals surface area contributed by atoms with Crippen LogP contribution in [0, 0.1) is 0 Å². The maximum atomic E-state index is 15.2. The van der Waals surface area contributed by atoms with Gasteiger partial charge in [0.1, 0.15) is 12.4 Å². The highest BCUT2D eigenvalue weighted by Gasteiger charge is 2.48. The molecular formula is C26H27FN2O5. The topological polar surface area (TPSA) is 86.8 Å². The van der Waals surface area contributed by atoms with Gasteiger partial charge in [-0.2, -0.15) is 0 Å². The van der Waals surface area contributed by atoms with Crippen molar-refractivity contribution < 1.29 is 28.2 Å². The smallest absolute Gasteiger partial charge is 0.260 e. The van der Waals surface area contributed by atoms with E-state index in [2.05, 4.69) is 10.3 Å². The number of amides is 1. The van der Waals surface area contributed by atoms with E-state index in [1.807, 2.05) is 44.2 Å². The largest absolute Gasteiger partial charge is 0.490 e. The van der Waals surface area contributed by atoms with Crippen molar-refractivity contribution in [3.05, 3.63) is 65.9 Å². The molecule has 8 heteroatoms. The monoisotopic (exact) mass is 466 g/mol. The molecule has 2 heterocycles. The van der Waals surface area contributed by atoms with Gasteiger partial charge in [0.15, 0.2) is 6.29 Å². The van der Waals surface area contributed by atoms with Crippen molar-refractivity contribution in [3.63, 3.8) is 0 Å². The lowest BCUT2D eigenvalue weighted by atomic mass is 10.0. The van der Waals surface area contributed by atoms with Crippen LogP contribution in [0.2, 0.25) is 0 Å². The lowest BCUT2D eigenvalue weighted by Crippen LogP contribution is -2.38. The Hall–Kier alpha value is -3.52. The fourth-order valence-electron chi connectivity index (χ4n) is 3.91. The molecule has 2 unspecified atom stereocenters. The Labute approximate surface area is 197 Å². The van der Waals surface area contributed by atoms with Gasteiger partial charge in [0.25, 0.3) is 5.91 Å². The van der Waals surface area contributed by atoms with Crippen LogP contribution in [0.5, 0.6) is 11.6 Å². The summed E-state index contributed by atoms with van der Waals surface area (Å²) in [6.45, 7) is 3.67. The Kier molecular flexibility index (Phi) is 7.07. The number of nitrogens with zero attached hydrogens (tertiary/aromatic N) is 1. The molecule has 1 fully saturated rings. The van der Waals surface area contributed by atoms with Crippen LogP contribution in [0.15, 0.2) is 54.7 Å². The number of aldehydes is 1. The van der Waals surface area contributed by atoms with Crippen molar-refractivity contribution in [2.75, 3.05) is 13.2 Å². The summed E-state index contributed by atoms with van der Waals surface area (Å²) in [7, 11) is 0. The van der Waals surface area contributed by atoms with Gasteiger partial charge < -0.3 is 19.5 Å². The number of carbonyl (C=O) groups excluding carboxylic acids is 2. The number of alkyl halides is 1. The van der Waals surface area contributed by atoms with Crippen molar-refractivity contribution in [2.45, 2.75) is 44.7 Å². The summed E-state index contributed by atoms with van der Waals surface area (Å²) < 4.78 is 32.3. The highest BCUT2D eigenvalue weighted by Crippen LogP contribution is 2.32. The number of carbonyl (C=O) groups is 2. The predicted octanol–water partition coefficient (Wildman–Crippen LogP) is 4.03. The average molecular weight is 467 g/mol. The molecule has 3 aromatic rings. The zero-order valence-corrected chi connectivity index (χ0v) is 19.1. The van der Waals surface area contributed by atoms with Crippen LogP contribution in [0.4, 0.5) is 4.39 Å². The van der Waals surface area contributed by atoms with Crippen LogP contribution >= 0.6 is 0 Å². The van der Waals surface area contributed by atoms with Crippen LogP contribution in [0.25, 0.3) is 10.8 Å². The van der Waals surface area contributed by atoms with Crippen molar-refractivity contribution >= 4 is 23.0 Å². The first-order valence-electron chi connectivity index (χ1n) is 11.2. The van der Waals surface area contributed by atoms with Gasteiger partial charge in [0.05, 0.1) is 30.9 Å². The minimum absolute atomic E-state index is 0.0397. The van der Waals surface area contributed by atoms with Gasteiger partial charge in [-0.15, -0.1) is 0 Å². The fraction of sp³-hybridized carbons (Fsp3) is 0.346. The molecule has 0 spiro atoms. The summed E-state index contributed by atoms with van der Waals surface area (Å²) in [6, 6.07) is 14.1. The van der Waals surface area contributed by atoms with E-state index in [-0.39, 0.29) is 32.3 Å². The van der Waals surface area contributed by atoms with Gasteiger partial charge in [0, 0.05) is 18.0 Å². The quantitative estimate of drug-likeness (QED) is 0.454. The molecule has 4 rings (SSSR count). The molecule has 1 N–H and O–H groups in total. The number of pyridine rings is 1. The van der Waals surface area contributed by atoms with E-state index >= 15 is 4.39 Å². The second kappa shape index (κ2) is 10.2. The minimum Gasteiger partial charge on any atom is -0.490 e. The van der Waals surface area contributed by atoms with Crippen LogP contribution in [-0.4, -0.2) is 48.2 Å². The van der Waals surface area contributed by atoms with E-state index < -0.39 is 17.6 Å². The molecule has 1 amide bonds. The summed E-state index contributed by atoms with van der Waals surface area (Å²) in [4.78, 5) is 28.1. The molecular weight excluding hydrogens is 439 g/mol. The fourth-order valence-corrected chi connectivity index (χ4v) is 3.91. The van der Waals surface area contributed by atoms with E-state index in [4.69, 9.17) is 14.2 Å². The summed E-state index contributed by atoms with van der Waals surface area (Å²) >= 11 is 0. The number of hydrogen-bond acceptors (Lipinski definition) is 6.